The van der Waals surface area contributed by atoms with E-state index >= 15 is 0 Å². The van der Waals surface area contributed by atoms with Crippen LogP contribution in [0.1, 0.15) is 110 Å². The van der Waals surface area contributed by atoms with Crippen molar-refractivity contribution in [2.45, 2.75) is 110 Å². The minimum Gasteiger partial charge on any atom is -0.449 e. The van der Waals surface area contributed by atoms with E-state index in [2.05, 4.69) is 11.7 Å². The van der Waals surface area contributed by atoms with Crippen molar-refractivity contribution < 1.29 is 41.8 Å². The Labute approximate surface area is 163 Å². The van der Waals surface area contributed by atoms with Gasteiger partial charge in [0.15, 0.2) is 0 Å². The number of rotatable bonds is 16. The number of carbonyl (C=O) groups excluding carboxylic acids is 1. The second kappa shape index (κ2) is 20.7. The van der Waals surface area contributed by atoms with Gasteiger partial charge in [-0.15, -0.1) is 0 Å². The monoisotopic (exact) mass is 435 g/mol. The molecule has 0 aliphatic heterocycles. The van der Waals surface area contributed by atoms with Crippen LogP contribution in [0.4, 0.5) is 4.79 Å². The van der Waals surface area contributed by atoms with Gasteiger partial charge in [-0.3, -0.25) is 4.79 Å². The van der Waals surface area contributed by atoms with Crippen molar-refractivity contribution >= 4 is 12.1 Å². The molecule has 0 aromatic rings. The molecule has 1 radical (unpaired) electrons. The fraction of sp³-hybridized carbons (Fsp3) is 0.895. The zero-order valence-corrected chi connectivity index (χ0v) is 16.8. The minimum atomic E-state index is -1.50. The van der Waals surface area contributed by atoms with E-state index in [1.165, 1.54) is 77.0 Å². The number of hydrogen-bond acceptors (Lipinski definition) is 3. The van der Waals surface area contributed by atoms with Gasteiger partial charge in [-0.25, -0.2) is 4.79 Å². The van der Waals surface area contributed by atoms with Crippen molar-refractivity contribution in [1.29, 1.82) is 0 Å². The fourth-order valence-corrected chi connectivity index (χ4v) is 2.79. The van der Waals surface area contributed by atoms with Crippen LogP contribution in [0.5, 0.6) is 0 Å². The van der Waals surface area contributed by atoms with Crippen LogP contribution >= 0.6 is 0 Å². The molecule has 0 bridgehead atoms. The average molecular weight is 436 g/mol. The molecule has 0 saturated carbocycles. The van der Waals surface area contributed by atoms with Crippen LogP contribution in [-0.4, -0.2) is 17.2 Å². The number of unbranched alkanes of at least 4 members (excludes halogenated alkanes) is 14. The van der Waals surface area contributed by atoms with Crippen LogP contribution in [0.15, 0.2) is 0 Å². The number of ether oxygens (including phenoxy) is 1. The van der Waals surface area contributed by atoms with Crippen molar-refractivity contribution in [3.8, 4) is 0 Å². The number of carboxylic acid groups (broad SMARTS) is 1. The molecule has 0 amide bonds. The summed E-state index contributed by atoms with van der Waals surface area (Å²) in [6.45, 7) is 2.26. The molecule has 0 rings (SSSR count). The van der Waals surface area contributed by atoms with Gasteiger partial charge in [0.2, 0.25) is 0 Å². The van der Waals surface area contributed by atoms with E-state index in [9.17, 15) is 9.59 Å². The molecule has 0 aliphatic carbocycles. The van der Waals surface area contributed by atoms with E-state index < -0.39 is 12.1 Å². The molecule has 0 spiro atoms. The molecule has 0 aromatic heterocycles. The topological polar surface area (TPSA) is 63.6 Å². The Morgan fingerprint density at radius 3 is 1.33 bits per heavy atom. The first-order valence-corrected chi connectivity index (χ1v) is 9.60. The van der Waals surface area contributed by atoms with Crippen LogP contribution < -0.4 is 0 Å². The summed E-state index contributed by atoms with van der Waals surface area (Å²) in [6.07, 6.45) is 17.8. The molecule has 0 atom stereocenters. The summed E-state index contributed by atoms with van der Waals surface area (Å²) in [5.41, 5.74) is 0. The van der Waals surface area contributed by atoms with Gasteiger partial charge in [-0.05, 0) is 6.42 Å². The van der Waals surface area contributed by atoms with Crippen LogP contribution in [0.25, 0.3) is 0 Å². The molecular formula is C19H36AgO4. The van der Waals surface area contributed by atoms with Gasteiger partial charge in [0, 0.05) is 28.8 Å². The third kappa shape index (κ3) is 21.7. The van der Waals surface area contributed by atoms with Crippen molar-refractivity contribution in [3.05, 3.63) is 0 Å². The van der Waals surface area contributed by atoms with E-state index in [0.29, 0.717) is 0 Å². The molecule has 24 heavy (non-hydrogen) atoms. The number of esters is 1. The van der Waals surface area contributed by atoms with Crippen molar-refractivity contribution in [2.75, 3.05) is 0 Å². The molecule has 1 N–H and O–H groups in total. The SMILES string of the molecule is CCCCCCCCCCCCCCCCCC(=O)OC(=O)O.[Ag]. The molecule has 0 fully saturated rings. The summed E-state index contributed by atoms with van der Waals surface area (Å²) in [5, 5.41) is 8.27. The van der Waals surface area contributed by atoms with Crippen LogP contribution in [0, 0.1) is 0 Å². The second-order valence-corrected chi connectivity index (χ2v) is 6.44. The molecule has 0 heterocycles. The van der Waals surface area contributed by atoms with Crippen molar-refractivity contribution in [3.63, 3.8) is 0 Å². The van der Waals surface area contributed by atoms with Crippen molar-refractivity contribution in [2.24, 2.45) is 0 Å². The van der Waals surface area contributed by atoms with Gasteiger partial charge < -0.3 is 9.84 Å². The summed E-state index contributed by atoms with van der Waals surface area (Å²) < 4.78 is 4.05. The van der Waals surface area contributed by atoms with E-state index in [4.69, 9.17) is 5.11 Å². The quantitative estimate of drug-likeness (QED) is 0.130. The molecular weight excluding hydrogens is 400 g/mol. The summed E-state index contributed by atoms with van der Waals surface area (Å²) in [7, 11) is 0. The zero-order chi connectivity index (χ0) is 17.2. The van der Waals surface area contributed by atoms with Gasteiger partial charge in [-0.2, -0.15) is 0 Å². The minimum absolute atomic E-state index is 0. The first-order valence-electron chi connectivity index (χ1n) is 9.60. The molecule has 147 valence electrons. The maximum Gasteiger partial charge on any atom is 0.513 e. The van der Waals surface area contributed by atoms with Crippen LogP contribution in [0.2, 0.25) is 0 Å². The third-order valence-electron chi connectivity index (χ3n) is 4.19. The molecule has 0 aliphatic rings. The largest absolute Gasteiger partial charge is 0.513 e. The predicted octanol–water partition coefficient (Wildman–Crippen LogP) is 6.47. The Balaban J connectivity index is 0. The van der Waals surface area contributed by atoms with Crippen molar-refractivity contribution in [1.82, 2.24) is 0 Å². The van der Waals surface area contributed by atoms with E-state index in [0.717, 1.165) is 19.3 Å². The molecule has 5 heteroatoms. The average Bonchev–Trinajstić information content (AvgIpc) is 2.50. The van der Waals surface area contributed by atoms with Gasteiger partial charge in [0.1, 0.15) is 0 Å². The fourth-order valence-electron chi connectivity index (χ4n) is 2.79. The van der Waals surface area contributed by atoms with Gasteiger partial charge in [-0.1, -0.05) is 96.8 Å². The smallest absolute Gasteiger partial charge is 0.449 e. The van der Waals surface area contributed by atoms with E-state index in [1.54, 1.807) is 0 Å². The molecule has 0 aromatic carbocycles. The van der Waals surface area contributed by atoms with Gasteiger partial charge >= 0.3 is 12.1 Å². The van der Waals surface area contributed by atoms with Gasteiger partial charge in [0.25, 0.3) is 0 Å². The third-order valence-corrected chi connectivity index (χ3v) is 4.19. The summed E-state index contributed by atoms with van der Waals surface area (Å²) in [4.78, 5) is 21.1. The maximum absolute atomic E-state index is 11.0. The summed E-state index contributed by atoms with van der Waals surface area (Å²) >= 11 is 0. The van der Waals surface area contributed by atoms with Crippen LogP contribution in [0.3, 0.4) is 0 Å². The number of hydrogen-bond donors (Lipinski definition) is 1. The first-order chi connectivity index (χ1) is 11.2. The Kier molecular flexibility index (Phi) is 22.4. The standard InChI is InChI=1S/C19H36O4.Ag/c1-2-3-4-5-6-7-8-9-10-11-12-13-14-15-16-17-18(20)23-19(21)22;/h2-17H2,1H3,(H,21,22);. The van der Waals surface area contributed by atoms with E-state index in [-0.39, 0.29) is 28.8 Å². The molecule has 0 unspecified atom stereocenters. The maximum atomic E-state index is 11.0. The summed E-state index contributed by atoms with van der Waals surface area (Å²) in [5.74, 6) is -0.632. The molecule has 4 nitrogen and oxygen atoms in total. The Hall–Kier alpha value is -0.320. The number of carbonyl (C=O) groups is 2. The Bertz CT molecular complexity index is 295. The molecule has 0 saturated heterocycles. The van der Waals surface area contributed by atoms with Crippen LogP contribution in [-0.2, 0) is 31.9 Å². The first kappa shape index (κ1) is 25.9. The summed E-state index contributed by atoms with van der Waals surface area (Å²) in [6, 6.07) is 0. The Morgan fingerprint density at radius 2 is 1.00 bits per heavy atom. The Morgan fingerprint density at radius 1 is 0.667 bits per heavy atom. The normalized spacial score (nSPS) is 10.2. The predicted molar refractivity (Wildman–Crippen MR) is 93.7 cm³/mol. The second-order valence-electron chi connectivity index (χ2n) is 6.44. The van der Waals surface area contributed by atoms with E-state index in [1.807, 2.05) is 0 Å². The van der Waals surface area contributed by atoms with Gasteiger partial charge in [0.05, 0.1) is 0 Å². The zero-order valence-electron chi connectivity index (χ0n) is 15.3.